The van der Waals surface area contributed by atoms with Crippen molar-refractivity contribution in [1.29, 1.82) is 0 Å². The summed E-state index contributed by atoms with van der Waals surface area (Å²) in [6, 6.07) is 1.96. The van der Waals surface area contributed by atoms with Crippen molar-refractivity contribution in [3.05, 3.63) is 24.2 Å². The number of nitrogens with two attached hydrogens (primary N) is 1. The van der Waals surface area contributed by atoms with Gasteiger partial charge in [-0.1, -0.05) is 13.3 Å². The summed E-state index contributed by atoms with van der Waals surface area (Å²) in [5.74, 6) is 0.570. The van der Waals surface area contributed by atoms with Gasteiger partial charge in [0.05, 0.1) is 11.4 Å². The van der Waals surface area contributed by atoms with Gasteiger partial charge >= 0.3 is 0 Å². The Kier molecular flexibility index (Phi) is 3.37. The van der Waals surface area contributed by atoms with Crippen LogP contribution in [-0.4, -0.2) is 19.7 Å². The Hall–Kier alpha value is -1.91. The molecule has 0 aliphatic heterocycles. The highest BCUT2D eigenvalue weighted by atomic mass is 15.3. The number of nitrogen functional groups attached to an aromatic ring is 1. The number of aromatic nitrogens is 4. The standard InChI is InChI=1S/C12H17N5/c1-3-5-9-11(14-8-15-12(9)13)10-6-7-16-17(10)4-2/h6-8H,3-5H2,1-2H3,(H2,13,14,15). The van der Waals surface area contributed by atoms with Crippen LogP contribution in [0.3, 0.4) is 0 Å². The van der Waals surface area contributed by atoms with Crippen molar-refractivity contribution in [2.24, 2.45) is 0 Å². The van der Waals surface area contributed by atoms with Gasteiger partial charge in [0, 0.05) is 18.3 Å². The molecule has 5 nitrogen and oxygen atoms in total. The first-order chi connectivity index (χ1) is 8.27. The SMILES string of the molecule is CCCc1c(N)ncnc1-c1ccnn1CC. The van der Waals surface area contributed by atoms with E-state index in [0.717, 1.165) is 36.3 Å². The smallest absolute Gasteiger partial charge is 0.130 e. The largest absolute Gasteiger partial charge is 0.383 e. The fourth-order valence-electron chi connectivity index (χ4n) is 1.93. The third kappa shape index (κ3) is 2.13. The summed E-state index contributed by atoms with van der Waals surface area (Å²) in [6.07, 6.45) is 5.20. The molecule has 0 aliphatic carbocycles. The van der Waals surface area contributed by atoms with Crippen LogP contribution >= 0.6 is 0 Å². The number of nitrogens with zero attached hydrogens (tertiary/aromatic N) is 4. The quantitative estimate of drug-likeness (QED) is 0.872. The fourth-order valence-corrected chi connectivity index (χ4v) is 1.93. The Morgan fingerprint density at radius 3 is 2.82 bits per heavy atom. The molecule has 0 saturated heterocycles. The van der Waals surface area contributed by atoms with E-state index in [4.69, 9.17) is 5.73 Å². The van der Waals surface area contributed by atoms with Gasteiger partial charge in [0.25, 0.3) is 0 Å². The van der Waals surface area contributed by atoms with Crippen LogP contribution in [0, 0.1) is 0 Å². The van der Waals surface area contributed by atoms with E-state index in [1.54, 1.807) is 6.20 Å². The topological polar surface area (TPSA) is 69.6 Å². The molecule has 17 heavy (non-hydrogen) atoms. The molecule has 0 aliphatic rings. The van der Waals surface area contributed by atoms with Gasteiger partial charge < -0.3 is 5.73 Å². The van der Waals surface area contributed by atoms with E-state index in [0.29, 0.717) is 5.82 Å². The van der Waals surface area contributed by atoms with E-state index in [2.05, 4.69) is 28.9 Å². The van der Waals surface area contributed by atoms with Gasteiger partial charge in [-0.05, 0) is 19.4 Å². The highest BCUT2D eigenvalue weighted by Crippen LogP contribution is 2.25. The number of rotatable bonds is 4. The third-order valence-electron chi connectivity index (χ3n) is 2.74. The summed E-state index contributed by atoms with van der Waals surface area (Å²) in [7, 11) is 0. The molecule has 0 fully saturated rings. The van der Waals surface area contributed by atoms with Crippen molar-refractivity contribution in [2.75, 3.05) is 5.73 Å². The molecule has 0 unspecified atom stereocenters. The third-order valence-corrected chi connectivity index (χ3v) is 2.74. The molecule has 2 N–H and O–H groups in total. The van der Waals surface area contributed by atoms with E-state index in [1.807, 2.05) is 10.7 Å². The molecule has 2 heterocycles. The lowest BCUT2D eigenvalue weighted by molar-refractivity contribution is 0.664. The van der Waals surface area contributed by atoms with Crippen molar-refractivity contribution in [1.82, 2.24) is 19.7 Å². The molecule has 2 aromatic heterocycles. The van der Waals surface area contributed by atoms with Crippen LogP contribution in [0.4, 0.5) is 5.82 Å². The molecule has 0 amide bonds. The van der Waals surface area contributed by atoms with Gasteiger partial charge in [0.15, 0.2) is 0 Å². The first-order valence-electron chi connectivity index (χ1n) is 5.89. The molecule has 5 heteroatoms. The lowest BCUT2D eigenvalue weighted by Crippen LogP contribution is -2.06. The zero-order valence-electron chi connectivity index (χ0n) is 10.2. The monoisotopic (exact) mass is 231 g/mol. The molecule has 2 aromatic rings. The first-order valence-corrected chi connectivity index (χ1v) is 5.89. The summed E-state index contributed by atoms with van der Waals surface area (Å²) in [6.45, 7) is 4.99. The average molecular weight is 231 g/mol. The zero-order chi connectivity index (χ0) is 12.3. The predicted molar refractivity (Wildman–Crippen MR) is 67.3 cm³/mol. The summed E-state index contributed by atoms with van der Waals surface area (Å²) < 4.78 is 1.92. The summed E-state index contributed by atoms with van der Waals surface area (Å²) in [4.78, 5) is 8.42. The molecular formula is C12H17N5. The van der Waals surface area contributed by atoms with Crippen LogP contribution in [0.5, 0.6) is 0 Å². The normalized spacial score (nSPS) is 10.7. The number of aryl methyl sites for hydroxylation is 1. The average Bonchev–Trinajstić information content (AvgIpc) is 2.80. The van der Waals surface area contributed by atoms with Crippen LogP contribution in [0.2, 0.25) is 0 Å². The lowest BCUT2D eigenvalue weighted by atomic mass is 10.1. The second-order valence-electron chi connectivity index (χ2n) is 3.87. The second kappa shape index (κ2) is 4.95. The van der Waals surface area contributed by atoms with Gasteiger partial charge in [-0.15, -0.1) is 0 Å². The molecule has 2 rings (SSSR count). The highest BCUT2D eigenvalue weighted by molar-refractivity contribution is 5.64. The molecule has 0 aromatic carbocycles. The van der Waals surface area contributed by atoms with Crippen molar-refractivity contribution >= 4 is 5.82 Å². The Morgan fingerprint density at radius 1 is 1.29 bits per heavy atom. The maximum absolute atomic E-state index is 5.92. The lowest BCUT2D eigenvalue weighted by Gasteiger charge is -2.10. The van der Waals surface area contributed by atoms with Gasteiger partial charge in [-0.2, -0.15) is 5.10 Å². The van der Waals surface area contributed by atoms with E-state index in [9.17, 15) is 0 Å². The van der Waals surface area contributed by atoms with Crippen molar-refractivity contribution in [3.8, 4) is 11.4 Å². The highest BCUT2D eigenvalue weighted by Gasteiger charge is 2.13. The van der Waals surface area contributed by atoms with Crippen molar-refractivity contribution in [3.63, 3.8) is 0 Å². The summed E-state index contributed by atoms with van der Waals surface area (Å²) in [5, 5.41) is 4.26. The molecule has 0 atom stereocenters. The zero-order valence-corrected chi connectivity index (χ0v) is 10.2. The molecular weight excluding hydrogens is 214 g/mol. The Balaban J connectivity index is 2.55. The Morgan fingerprint density at radius 2 is 2.12 bits per heavy atom. The van der Waals surface area contributed by atoms with Crippen molar-refractivity contribution in [2.45, 2.75) is 33.2 Å². The minimum Gasteiger partial charge on any atom is -0.383 e. The maximum atomic E-state index is 5.92. The minimum atomic E-state index is 0.570. The summed E-state index contributed by atoms with van der Waals surface area (Å²) in [5.41, 5.74) is 8.85. The van der Waals surface area contributed by atoms with Crippen LogP contribution in [0.1, 0.15) is 25.8 Å². The van der Waals surface area contributed by atoms with Crippen molar-refractivity contribution < 1.29 is 0 Å². The molecule has 0 bridgehead atoms. The maximum Gasteiger partial charge on any atom is 0.130 e. The first kappa shape index (κ1) is 11.6. The van der Waals surface area contributed by atoms with Gasteiger partial charge in [-0.3, -0.25) is 4.68 Å². The minimum absolute atomic E-state index is 0.570. The van der Waals surface area contributed by atoms with Crippen LogP contribution in [0.15, 0.2) is 18.6 Å². The predicted octanol–water partition coefficient (Wildman–Crippen LogP) is 1.89. The Bertz CT molecular complexity index is 503. The van der Waals surface area contributed by atoms with Crippen LogP contribution in [-0.2, 0) is 13.0 Å². The molecule has 0 saturated carbocycles. The summed E-state index contributed by atoms with van der Waals surface area (Å²) >= 11 is 0. The Labute approximate surface area is 101 Å². The molecule has 0 radical (unpaired) electrons. The number of hydrogen-bond donors (Lipinski definition) is 1. The van der Waals surface area contributed by atoms with E-state index in [-0.39, 0.29) is 0 Å². The van der Waals surface area contributed by atoms with E-state index < -0.39 is 0 Å². The van der Waals surface area contributed by atoms with Crippen LogP contribution in [0.25, 0.3) is 11.4 Å². The van der Waals surface area contributed by atoms with Gasteiger partial charge in [0.2, 0.25) is 0 Å². The molecule has 0 spiro atoms. The van der Waals surface area contributed by atoms with Gasteiger partial charge in [-0.25, -0.2) is 9.97 Å². The van der Waals surface area contributed by atoms with Gasteiger partial charge in [0.1, 0.15) is 12.1 Å². The van der Waals surface area contributed by atoms with E-state index in [1.165, 1.54) is 6.33 Å². The van der Waals surface area contributed by atoms with E-state index >= 15 is 0 Å². The fraction of sp³-hybridized carbons (Fsp3) is 0.417. The van der Waals surface area contributed by atoms with Crippen LogP contribution < -0.4 is 5.73 Å². The number of anilines is 1. The number of hydrogen-bond acceptors (Lipinski definition) is 4. The second-order valence-corrected chi connectivity index (χ2v) is 3.87. The molecule has 90 valence electrons.